The second-order valence-corrected chi connectivity index (χ2v) is 8.77. The van der Waals surface area contributed by atoms with Crippen LogP contribution < -0.4 is 14.2 Å². The van der Waals surface area contributed by atoms with Crippen LogP contribution in [0.25, 0.3) is 10.8 Å². The molecule has 0 aliphatic carbocycles. The highest BCUT2D eigenvalue weighted by molar-refractivity contribution is 7.90. The molecule has 176 valence electrons. The molecule has 3 aromatic carbocycles. The number of hydrogen-bond acceptors (Lipinski definition) is 7. The van der Waals surface area contributed by atoms with Crippen LogP contribution in [-0.2, 0) is 28.0 Å². The number of alkyl halides is 2. The van der Waals surface area contributed by atoms with Crippen molar-refractivity contribution < 1.29 is 31.5 Å². The predicted molar refractivity (Wildman–Crippen MR) is 117 cm³/mol. The fraction of sp³-hybridized carbons (Fsp3) is 0.136. The van der Waals surface area contributed by atoms with Gasteiger partial charge >= 0.3 is 6.61 Å². The third-order valence-corrected chi connectivity index (χ3v) is 5.96. The Hall–Kier alpha value is -4.06. The first-order valence-electron chi connectivity index (χ1n) is 9.90. The van der Waals surface area contributed by atoms with Gasteiger partial charge < -0.3 is 9.47 Å². The van der Waals surface area contributed by atoms with E-state index in [9.17, 15) is 22.0 Å². The highest BCUT2D eigenvalue weighted by Gasteiger charge is 2.19. The molecule has 0 atom stereocenters. The summed E-state index contributed by atoms with van der Waals surface area (Å²) in [6, 6.07) is 17.9. The fourth-order valence-electron chi connectivity index (χ4n) is 3.10. The van der Waals surface area contributed by atoms with E-state index in [4.69, 9.17) is 4.74 Å². The highest BCUT2D eigenvalue weighted by atomic mass is 32.2. The molecule has 9 nitrogen and oxygen atoms in total. The minimum atomic E-state index is -4.31. The number of sulfonamides is 1. The lowest BCUT2D eigenvalue weighted by Gasteiger charge is -2.09. The molecule has 0 fully saturated rings. The van der Waals surface area contributed by atoms with E-state index in [1.165, 1.54) is 18.3 Å². The lowest BCUT2D eigenvalue weighted by atomic mass is 10.1. The van der Waals surface area contributed by atoms with Gasteiger partial charge in [-0.25, -0.2) is 17.8 Å². The molecule has 0 saturated carbocycles. The maximum absolute atomic E-state index is 12.4. The topological polar surface area (TPSA) is 112 Å². The number of nitrogens with zero attached hydrogens (tertiary/aromatic N) is 3. The van der Waals surface area contributed by atoms with E-state index < -0.39 is 34.0 Å². The van der Waals surface area contributed by atoms with E-state index in [2.05, 4.69) is 15.0 Å². The van der Waals surface area contributed by atoms with Crippen LogP contribution in [0.1, 0.15) is 5.69 Å². The van der Waals surface area contributed by atoms with Crippen LogP contribution >= 0.6 is 0 Å². The summed E-state index contributed by atoms with van der Waals surface area (Å²) in [6.07, 6.45) is 1.45. The van der Waals surface area contributed by atoms with Gasteiger partial charge in [0.05, 0.1) is 11.1 Å². The Morgan fingerprint density at radius 3 is 2.59 bits per heavy atom. The second-order valence-electron chi connectivity index (χ2n) is 7.09. The number of rotatable bonds is 9. The molecule has 34 heavy (non-hydrogen) atoms. The molecule has 0 spiro atoms. The molecule has 0 unspecified atom stereocenters. The van der Waals surface area contributed by atoms with Gasteiger partial charge in [-0.3, -0.25) is 4.79 Å². The largest absolute Gasteiger partial charge is 0.487 e. The number of amides is 1. The Morgan fingerprint density at radius 2 is 1.79 bits per heavy atom. The van der Waals surface area contributed by atoms with E-state index in [0.717, 1.165) is 27.6 Å². The summed E-state index contributed by atoms with van der Waals surface area (Å²) in [4.78, 5) is 11.8. The van der Waals surface area contributed by atoms with E-state index in [-0.39, 0.29) is 12.4 Å². The summed E-state index contributed by atoms with van der Waals surface area (Å²) in [5.41, 5.74) is 0.431. The molecule has 4 rings (SSSR count). The predicted octanol–water partition coefficient (Wildman–Crippen LogP) is 3.12. The van der Waals surface area contributed by atoms with Crippen LogP contribution in [0.5, 0.6) is 11.5 Å². The van der Waals surface area contributed by atoms with Crippen molar-refractivity contribution in [3.63, 3.8) is 0 Å². The van der Waals surface area contributed by atoms with Crippen molar-refractivity contribution in [1.29, 1.82) is 0 Å². The monoisotopic (exact) mass is 488 g/mol. The smallest absolute Gasteiger partial charge is 0.387 e. The van der Waals surface area contributed by atoms with Gasteiger partial charge in [-0.05, 0) is 35.0 Å². The van der Waals surface area contributed by atoms with Crippen molar-refractivity contribution in [3.8, 4) is 11.5 Å². The van der Waals surface area contributed by atoms with E-state index in [1.54, 1.807) is 0 Å². The summed E-state index contributed by atoms with van der Waals surface area (Å²) in [7, 11) is -4.31. The normalized spacial score (nSPS) is 11.5. The van der Waals surface area contributed by atoms with Crippen LogP contribution in [0.3, 0.4) is 0 Å². The first-order chi connectivity index (χ1) is 16.3. The number of carbonyl (C=O) groups excluding carboxylic acids is 1. The second kappa shape index (κ2) is 9.83. The zero-order valence-corrected chi connectivity index (χ0v) is 18.3. The van der Waals surface area contributed by atoms with Gasteiger partial charge in [0.2, 0.25) is 0 Å². The number of benzene rings is 3. The Balaban J connectivity index is 1.34. The molecule has 1 amide bonds. The molecular weight excluding hydrogens is 470 g/mol. The average Bonchev–Trinajstić information content (AvgIpc) is 3.24. The Labute approximate surface area is 193 Å². The zero-order chi connectivity index (χ0) is 24.1. The zero-order valence-electron chi connectivity index (χ0n) is 17.5. The number of nitrogens with one attached hydrogen (secondary N) is 1. The van der Waals surface area contributed by atoms with Crippen LogP contribution in [-0.4, -0.2) is 35.9 Å². The van der Waals surface area contributed by atoms with Crippen LogP contribution in [0.15, 0.2) is 77.8 Å². The van der Waals surface area contributed by atoms with Gasteiger partial charge in [0.15, 0.2) is 0 Å². The Bertz CT molecular complexity index is 1430. The molecule has 0 saturated heterocycles. The molecule has 4 aromatic rings. The molecule has 0 aliphatic rings. The molecule has 12 heteroatoms. The Kier molecular flexibility index (Phi) is 6.68. The number of hydrogen-bond donors (Lipinski definition) is 1. The van der Waals surface area contributed by atoms with Crippen molar-refractivity contribution in [2.75, 3.05) is 0 Å². The standard InChI is InChI=1S/C22H18F2N4O5S/c23-22(24)33-19-6-3-7-20(11-19)34(30,31)26-21(29)13-28-12-17(25-27-28)14-32-18-9-8-15-4-1-2-5-16(15)10-18/h1-12,22H,13-14H2,(H,26,29). The number of ether oxygens (including phenoxy) is 2. The van der Waals surface area contributed by atoms with Gasteiger partial charge in [0.25, 0.3) is 15.9 Å². The van der Waals surface area contributed by atoms with Crippen molar-refractivity contribution in [1.82, 2.24) is 19.7 Å². The van der Waals surface area contributed by atoms with Gasteiger partial charge in [-0.1, -0.05) is 41.6 Å². The van der Waals surface area contributed by atoms with Crippen molar-refractivity contribution >= 4 is 26.7 Å². The summed E-state index contributed by atoms with van der Waals surface area (Å²) in [5.74, 6) is -0.611. The van der Waals surface area contributed by atoms with Gasteiger partial charge in [-0.2, -0.15) is 8.78 Å². The van der Waals surface area contributed by atoms with Gasteiger partial charge in [-0.15, -0.1) is 5.10 Å². The summed E-state index contributed by atoms with van der Waals surface area (Å²) in [5, 5.41) is 9.81. The first-order valence-corrected chi connectivity index (χ1v) is 11.4. The highest BCUT2D eigenvalue weighted by Crippen LogP contribution is 2.21. The molecule has 1 heterocycles. The number of carbonyl (C=O) groups is 1. The third-order valence-electron chi connectivity index (χ3n) is 4.59. The van der Waals surface area contributed by atoms with Crippen molar-refractivity contribution in [2.24, 2.45) is 0 Å². The lowest BCUT2D eigenvalue weighted by molar-refractivity contribution is -0.120. The summed E-state index contributed by atoms with van der Waals surface area (Å²) >= 11 is 0. The van der Waals surface area contributed by atoms with Crippen molar-refractivity contribution in [2.45, 2.75) is 24.7 Å². The SMILES string of the molecule is O=C(Cn1cc(COc2ccc3ccccc3c2)nn1)NS(=O)(=O)c1cccc(OC(F)F)c1. The van der Waals surface area contributed by atoms with Gasteiger partial charge in [0.1, 0.15) is 30.3 Å². The first kappa shape index (κ1) is 23.1. The molecular formula is C22H18F2N4O5S. The van der Waals surface area contributed by atoms with Crippen molar-refractivity contribution in [3.05, 3.63) is 78.6 Å². The molecule has 1 N–H and O–H groups in total. The minimum absolute atomic E-state index is 0.0924. The molecule has 0 radical (unpaired) electrons. The van der Waals surface area contributed by atoms with E-state index >= 15 is 0 Å². The van der Waals surface area contributed by atoms with Crippen LogP contribution in [0.2, 0.25) is 0 Å². The number of fused-ring (bicyclic) bond motifs is 1. The van der Waals surface area contributed by atoms with Crippen LogP contribution in [0.4, 0.5) is 8.78 Å². The fourth-order valence-corrected chi connectivity index (χ4v) is 4.11. The molecule has 1 aromatic heterocycles. The summed E-state index contributed by atoms with van der Waals surface area (Å²) < 4.78 is 62.4. The quantitative estimate of drug-likeness (QED) is 0.385. The van der Waals surface area contributed by atoms with E-state index in [0.29, 0.717) is 11.4 Å². The Morgan fingerprint density at radius 1 is 1.00 bits per heavy atom. The van der Waals surface area contributed by atoms with Crippen LogP contribution in [0, 0.1) is 0 Å². The molecule has 0 bridgehead atoms. The summed E-state index contributed by atoms with van der Waals surface area (Å²) in [6.45, 7) is -3.45. The number of halogens is 2. The maximum Gasteiger partial charge on any atom is 0.387 e. The maximum atomic E-state index is 12.4. The lowest BCUT2D eigenvalue weighted by Crippen LogP contribution is -2.33. The number of aromatic nitrogens is 3. The third kappa shape index (κ3) is 5.84. The average molecular weight is 488 g/mol. The van der Waals surface area contributed by atoms with Gasteiger partial charge in [0, 0.05) is 6.07 Å². The minimum Gasteiger partial charge on any atom is -0.487 e. The molecule has 0 aliphatic heterocycles. The van der Waals surface area contributed by atoms with E-state index in [1.807, 2.05) is 47.2 Å².